The molecular weight excluding hydrogens is 419 g/mol. The maximum Gasteiger partial charge on any atom is 0.328 e. The average Bonchev–Trinajstić information content (AvgIpc) is 3.12. The van der Waals surface area contributed by atoms with Gasteiger partial charge in [0.2, 0.25) is 5.91 Å². The van der Waals surface area contributed by atoms with Crippen LogP contribution in [-0.4, -0.2) is 65.0 Å². The molecule has 7 nitrogen and oxygen atoms in total. The first-order valence-electron chi connectivity index (χ1n) is 9.11. The van der Waals surface area contributed by atoms with E-state index >= 15 is 0 Å². The Hall–Kier alpha value is -2.09. The first-order valence-corrected chi connectivity index (χ1v) is 10.0. The van der Waals surface area contributed by atoms with Crippen LogP contribution in [0, 0.1) is 0 Å². The molecule has 1 aliphatic carbocycles. The molecule has 0 radical (unpaired) electrons. The number of carbonyl (C=O) groups is 3. The third kappa shape index (κ3) is 8.43. The van der Waals surface area contributed by atoms with Gasteiger partial charge in [-0.3, -0.25) is 4.79 Å². The second-order valence-corrected chi connectivity index (χ2v) is 7.53. The number of anilines is 1. The Bertz CT molecular complexity index is 706. The molecule has 1 aromatic carbocycles. The van der Waals surface area contributed by atoms with Crippen molar-refractivity contribution in [3.63, 3.8) is 0 Å². The van der Waals surface area contributed by atoms with Gasteiger partial charge in [0.15, 0.2) is 0 Å². The van der Waals surface area contributed by atoms with Crippen LogP contribution in [-0.2, 0) is 14.4 Å². The zero-order valence-corrected chi connectivity index (χ0v) is 17.9. The number of aliphatic carboxylic acids is 2. The lowest BCUT2D eigenvalue weighted by molar-refractivity contribution is -0.134. The zero-order valence-electron chi connectivity index (χ0n) is 16.4. The number of carboxylic acid groups (broad SMARTS) is 2. The van der Waals surface area contributed by atoms with Crippen molar-refractivity contribution in [2.75, 3.05) is 24.9 Å². The highest BCUT2D eigenvalue weighted by atomic mass is 35.5. The van der Waals surface area contributed by atoms with E-state index in [0.29, 0.717) is 35.5 Å². The molecule has 1 fully saturated rings. The third-order valence-electron chi connectivity index (χ3n) is 4.49. The Balaban J connectivity index is 0.000000447. The van der Waals surface area contributed by atoms with Crippen molar-refractivity contribution in [3.8, 4) is 0 Å². The number of rotatable bonds is 7. The number of nitrogens with zero attached hydrogens (tertiary/aromatic N) is 2. The maximum atomic E-state index is 12.6. The van der Waals surface area contributed by atoms with E-state index in [1.807, 2.05) is 29.2 Å². The van der Waals surface area contributed by atoms with Crippen LogP contribution in [0.1, 0.15) is 25.7 Å². The van der Waals surface area contributed by atoms with Crippen molar-refractivity contribution in [2.24, 2.45) is 0 Å². The van der Waals surface area contributed by atoms with Gasteiger partial charge in [-0.2, -0.15) is 0 Å². The summed E-state index contributed by atoms with van der Waals surface area (Å²) in [4.78, 5) is 35.8. The van der Waals surface area contributed by atoms with Gasteiger partial charge in [-0.05, 0) is 57.6 Å². The smallest absolute Gasteiger partial charge is 0.328 e. The summed E-state index contributed by atoms with van der Waals surface area (Å²) in [6.07, 6.45) is 4.77. The number of benzene rings is 1. The summed E-state index contributed by atoms with van der Waals surface area (Å²) in [5.41, 5.74) is 0.910. The number of amides is 1. The van der Waals surface area contributed by atoms with Crippen LogP contribution in [0.2, 0.25) is 5.02 Å². The first kappa shape index (κ1) is 24.9. The lowest BCUT2D eigenvalue weighted by Crippen LogP contribution is -2.49. The van der Waals surface area contributed by atoms with Gasteiger partial charge >= 0.3 is 11.9 Å². The highest BCUT2D eigenvalue weighted by Crippen LogP contribution is 2.32. The molecule has 160 valence electrons. The molecule has 29 heavy (non-hydrogen) atoms. The predicted octanol–water partition coefficient (Wildman–Crippen LogP) is 3.50. The Morgan fingerprint density at radius 3 is 2.00 bits per heavy atom. The van der Waals surface area contributed by atoms with E-state index in [1.165, 1.54) is 0 Å². The van der Waals surface area contributed by atoms with Crippen LogP contribution in [0.3, 0.4) is 0 Å². The maximum absolute atomic E-state index is 12.6. The fourth-order valence-electron chi connectivity index (χ4n) is 3.29. The van der Waals surface area contributed by atoms with Crippen LogP contribution >= 0.6 is 23.2 Å². The highest BCUT2D eigenvalue weighted by Gasteiger charge is 2.36. The van der Waals surface area contributed by atoms with Crippen molar-refractivity contribution in [1.29, 1.82) is 0 Å². The average molecular weight is 445 g/mol. The van der Waals surface area contributed by atoms with Gasteiger partial charge in [0.25, 0.3) is 0 Å². The predicted molar refractivity (Wildman–Crippen MR) is 114 cm³/mol. The Morgan fingerprint density at radius 1 is 1.03 bits per heavy atom. The van der Waals surface area contributed by atoms with Gasteiger partial charge in [0.1, 0.15) is 0 Å². The number of carbonyl (C=O) groups excluding carboxylic acids is 1. The largest absolute Gasteiger partial charge is 0.478 e. The molecule has 0 aliphatic heterocycles. The van der Waals surface area contributed by atoms with Gasteiger partial charge in [0.05, 0.1) is 6.04 Å². The molecule has 9 heteroatoms. The van der Waals surface area contributed by atoms with Gasteiger partial charge in [-0.1, -0.05) is 11.6 Å². The van der Waals surface area contributed by atoms with Crippen LogP contribution in [0.25, 0.3) is 0 Å². The van der Waals surface area contributed by atoms with Crippen molar-refractivity contribution in [2.45, 2.75) is 37.8 Å². The molecule has 0 bridgehead atoms. The van der Waals surface area contributed by atoms with E-state index in [9.17, 15) is 14.4 Å². The van der Waals surface area contributed by atoms with E-state index in [4.69, 9.17) is 33.4 Å². The summed E-state index contributed by atoms with van der Waals surface area (Å²) in [6, 6.07) is 8.09. The van der Waals surface area contributed by atoms with Gasteiger partial charge < -0.3 is 20.0 Å². The summed E-state index contributed by atoms with van der Waals surface area (Å²) in [6.45, 7) is 0. The summed E-state index contributed by atoms with van der Waals surface area (Å²) in [5, 5.41) is 16.3. The molecular formula is C20H26Cl2N2O5. The summed E-state index contributed by atoms with van der Waals surface area (Å²) < 4.78 is 0. The Kier molecular flexibility index (Phi) is 10.7. The minimum Gasteiger partial charge on any atom is -0.478 e. The minimum atomic E-state index is -1.26. The highest BCUT2D eigenvalue weighted by molar-refractivity contribution is 6.30. The molecule has 2 unspecified atom stereocenters. The van der Waals surface area contributed by atoms with Gasteiger partial charge in [-0.15, -0.1) is 11.6 Å². The molecule has 1 amide bonds. The Morgan fingerprint density at radius 2 is 1.55 bits per heavy atom. The SMILES string of the molecule is CN(C)C1CCCC1N(C(=O)CCCl)c1ccc(Cl)cc1.O=C(O)C=CC(=O)O. The zero-order chi connectivity index (χ0) is 22.0. The van der Waals surface area contributed by atoms with Crippen molar-refractivity contribution in [3.05, 3.63) is 41.4 Å². The minimum absolute atomic E-state index is 0.0890. The molecule has 0 saturated heterocycles. The van der Waals surface area contributed by atoms with E-state index in [0.717, 1.165) is 24.9 Å². The lowest BCUT2D eigenvalue weighted by Gasteiger charge is -2.36. The number of alkyl halides is 1. The molecule has 0 spiro atoms. The van der Waals surface area contributed by atoms with E-state index < -0.39 is 11.9 Å². The fourth-order valence-corrected chi connectivity index (χ4v) is 3.58. The number of halogens is 2. The number of carboxylic acids is 2. The first-order chi connectivity index (χ1) is 13.7. The van der Waals surface area contributed by atoms with E-state index in [-0.39, 0.29) is 11.9 Å². The number of hydrogen-bond donors (Lipinski definition) is 2. The van der Waals surface area contributed by atoms with E-state index in [1.54, 1.807) is 0 Å². The summed E-state index contributed by atoms with van der Waals surface area (Å²) in [7, 11) is 4.16. The standard InChI is InChI=1S/C16H22Cl2N2O.C4H4O4/c1-19(2)14-4-3-5-15(14)20(16(21)10-11-17)13-8-6-12(18)7-9-13;5-3(6)1-2-4(7)8/h6-9,14-15H,3-5,10-11H2,1-2H3;1-2H,(H,5,6)(H,7,8). The number of likely N-dealkylation sites (N-methyl/N-ethyl adjacent to an activating group) is 1. The molecule has 0 aromatic heterocycles. The molecule has 1 aliphatic rings. The van der Waals surface area contributed by atoms with Crippen molar-refractivity contribution < 1.29 is 24.6 Å². The van der Waals surface area contributed by atoms with Crippen LogP contribution in [0.4, 0.5) is 5.69 Å². The van der Waals surface area contributed by atoms with Crippen LogP contribution in [0.5, 0.6) is 0 Å². The quantitative estimate of drug-likeness (QED) is 0.493. The van der Waals surface area contributed by atoms with Crippen LogP contribution in [0.15, 0.2) is 36.4 Å². The second kappa shape index (κ2) is 12.5. The van der Waals surface area contributed by atoms with Gasteiger partial charge in [0, 0.05) is 41.2 Å². The lowest BCUT2D eigenvalue weighted by atomic mass is 10.1. The third-order valence-corrected chi connectivity index (χ3v) is 4.93. The second-order valence-electron chi connectivity index (χ2n) is 6.72. The Labute approximate surface area is 180 Å². The molecule has 1 aromatic rings. The van der Waals surface area contributed by atoms with Gasteiger partial charge in [-0.25, -0.2) is 9.59 Å². The summed E-state index contributed by atoms with van der Waals surface area (Å²) in [5.74, 6) is -2.08. The fraction of sp³-hybridized carbons (Fsp3) is 0.450. The molecule has 0 heterocycles. The molecule has 2 N–H and O–H groups in total. The normalized spacial score (nSPS) is 18.4. The van der Waals surface area contributed by atoms with E-state index in [2.05, 4.69) is 19.0 Å². The monoisotopic (exact) mass is 444 g/mol. The van der Waals surface area contributed by atoms with Crippen molar-refractivity contribution >= 4 is 46.7 Å². The molecule has 2 atom stereocenters. The molecule has 2 rings (SSSR count). The molecule has 1 saturated carbocycles. The van der Waals surface area contributed by atoms with Crippen LogP contribution < -0.4 is 4.90 Å². The summed E-state index contributed by atoms with van der Waals surface area (Å²) >= 11 is 11.7. The topological polar surface area (TPSA) is 98.2 Å². The number of hydrogen-bond acceptors (Lipinski definition) is 4. The van der Waals surface area contributed by atoms with Crippen molar-refractivity contribution in [1.82, 2.24) is 4.90 Å².